The molecule has 96 valence electrons. The van der Waals surface area contributed by atoms with Crippen LogP contribution in [0.1, 0.15) is 26.0 Å². The molecule has 17 heavy (non-hydrogen) atoms. The average Bonchev–Trinajstić information content (AvgIpc) is 2.63. The highest BCUT2D eigenvalue weighted by Gasteiger charge is 2.09. The maximum Gasteiger partial charge on any atom is 0.321 e. The summed E-state index contributed by atoms with van der Waals surface area (Å²) in [7, 11) is 0. The number of hydrogen-bond acceptors (Lipinski definition) is 4. The number of aryl methyl sites for hydroxylation is 1. The lowest BCUT2D eigenvalue weighted by Gasteiger charge is -2.14. The van der Waals surface area contributed by atoms with Crippen LogP contribution in [0.25, 0.3) is 0 Å². The summed E-state index contributed by atoms with van der Waals surface area (Å²) in [6.07, 6.45) is 0.180. The first kappa shape index (κ1) is 13.9. The highest BCUT2D eigenvalue weighted by Crippen LogP contribution is 2.13. The Labute approximate surface area is 105 Å². The third kappa shape index (κ3) is 5.14. The number of nitrogens with one attached hydrogen (secondary N) is 2. The molecule has 1 atom stereocenters. The fourth-order valence-electron chi connectivity index (χ4n) is 1.22. The number of amides is 2. The number of carbonyl (C=O) groups is 1. The van der Waals surface area contributed by atoms with Crippen LogP contribution in [0.4, 0.5) is 9.93 Å². The van der Waals surface area contributed by atoms with Crippen molar-refractivity contribution < 1.29 is 9.90 Å². The lowest BCUT2D eigenvalue weighted by molar-refractivity contribution is 0.117. The van der Waals surface area contributed by atoms with Crippen molar-refractivity contribution in [2.45, 2.75) is 33.3 Å². The van der Waals surface area contributed by atoms with Gasteiger partial charge >= 0.3 is 6.03 Å². The molecule has 1 aromatic heterocycles. The Kier molecular flexibility index (Phi) is 5.37. The minimum Gasteiger partial charge on any atom is -0.393 e. The van der Waals surface area contributed by atoms with Gasteiger partial charge < -0.3 is 10.4 Å². The first-order chi connectivity index (χ1) is 7.99. The average molecular weight is 257 g/mol. The second-order valence-corrected chi connectivity index (χ2v) is 5.13. The molecule has 0 fully saturated rings. The molecule has 0 aliphatic heterocycles. The monoisotopic (exact) mass is 257 g/mol. The van der Waals surface area contributed by atoms with Crippen molar-refractivity contribution in [1.82, 2.24) is 10.3 Å². The summed E-state index contributed by atoms with van der Waals surface area (Å²) in [6.45, 7) is 6.22. The third-order valence-electron chi connectivity index (χ3n) is 2.33. The van der Waals surface area contributed by atoms with Crippen molar-refractivity contribution in [2.24, 2.45) is 5.92 Å². The highest BCUT2D eigenvalue weighted by molar-refractivity contribution is 7.13. The molecule has 0 radical (unpaired) electrons. The van der Waals surface area contributed by atoms with Gasteiger partial charge in [0.25, 0.3) is 0 Å². The molecule has 0 aromatic carbocycles. The molecule has 3 N–H and O–H groups in total. The summed E-state index contributed by atoms with van der Waals surface area (Å²) in [5, 5.41) is 17.3. The van der Waals surface area contributed by atoms with Crippen molar-refractivity contribution in [3.8, 4) is 0 Å². The Morgan fingerprint density at radius 2 is 2.29 bits per heavy atom. The van der Waals surface area contributed by atoms with Crippen molar-refractivity contribution in [1.29, 1.82) is 0 Å². The zero-order valence-corrected chi connectivity index (χ0v) is 11.2. The number of carbonyl (C=O) groups excluding carboxylic acids is 1. The van der Waals surface area contributed by atoms with E-state index in [-0.39, 0.29) is 18.1 Å². The zero-order valence-electron chi connectivity index (χ0n) is 10.4. The Hall–Kier alpha value is -1.14. The van der Waals surface area contributed by atoms with E-state index in [1.165, 1.54) is 11.3 Å². The number of nitrogens with zero attached hydrogens (tertiary/aromatic N) is 1. The van der Waals surface area contributed by atoms with Crippen molar-refractivity contribution >= 4 is 22.5 Å². The number of aliphatic hydroxyl groups excluding tert-OH is 1. The van der Waals surface area contributed by atoms with Gasteiger partial charge in [-0.25, -0.2) is 9.78 Å². The number of hydrogen-bond donors (Lipinski definition) is 3. The van der Waals surface area contributed by atoms with E-state index in [1.54, 1.807) is 0 Å². The van der Waals surface area contributed by atoms with Crippen molar-refractivity contribution in [3.05, 3.63) is 11.1 Å². The molecular formula is C11H19N3O2S. The molecule has 1 rings (SSSR count). The molecule has 0 aliphatic rings. The summed E-state index contributed by atoms with van der Waals surface area (Å²) in [5.41, 5.74) is 0.889. The quantitative estimate of drug-likeness (QED) is 0.755. The van der Waals surface area contributed by atoms with Gasteiger partial charge in [-0.3, -0.25) is 5.32 Å². The van der Waals surface area contributed by atoms with Gasteiger partial charge in [-0.1, -0.05) is 13.8 Å². The van der Waals surface area contributed by atoms with Crippen LogP contribution in [0.3, 0.4) is 0 Å². The van der Waals surface area contributed by atoms with E-state index in [0.717, 1.165) is 5.69 Å². The van der Waals surface area contributed by atoms with E-state index in [1.807, 2.05) is 26.2 Å². The molecule has 0 bridgehead atoms. The van der Waals surface area contributed by atoms with Gasteiger partial charge in [-0.15, -0.1) is 11.3 Å². The molecule has 0 spiro atoms. The van der Waals surface area contributed by atoms with Crippen LogP contribution in [-0.4, -0.2) is 28.8 Å². The zero-order chi connectivity index (χ0) is 12.8. The number of urea groups is 1. The molecule has 1 aromatic rings. The molecule has 6 heteroatoms. The van der Waals surface area contributed by atoms with Crippen molar-refractivity contribution in [3.63, 3.8) is 0 Å². The molecule has 0 saturated heterocycles. The molecular weight excluding hydrogens is 238 g/mol. The first-order valence-corrected chi connectivity index (χ1v) is 6.52. The van der Waals surface area contributed by atoms with Gasteiger partial charge in [-0.05, 0) is 19.3 Å². The fraction of sp³-hybridized carbons (Fsp3) is 0.636. The van der Waals surface area contributed by atoms with Gasteiger partial charge in [0, 0.05) is 11.9 Å². The Balaban J connectivity index is 2.22. The smallest absolute Gasteiger partial charge is 0.321 e. The molecule has 5 nitrogen and oxygen atoms in total. The van der Waals surface area contributed by atoms with Gasteiger partial charge in [0.2, 0.25) is 0 Å². The maximum atomic E-state index is 11.4. The maximum absolute atomic E-state index is 11.4. The second-order valence-electron chi connectivity index (χ2n) is 4.27. The summed E-state index contributed by atoms with van der Waals surface area (Å²) in [6, 6.07) is -0.282. The largest absolute Gasteiger partial charge is 0.393 e. The SMILES string of the molecule is Cc1csc(NC(=O)NCCC(O)C(C)C)n1. The normalized spacial score (nSPS) is 12.5. The molecule has 2 amide bonds. The van der Waals surface area contributed by atoms with Gasteiger partial charge in [0.05, 0.1) is 11.8 Å². The van der Waals surface area contributed by atoms with Crippen LogP contribution < -0.4 is 10.6 Å². The van der Waals surface area contributed by atoms with Crippen LogP contribution in [0.2, 0.25) is 0 Å². The van der Waals surface area contributed by atoms with E-state index in [2.05, 4.69) is 15.6 Å². The number of anilines is 1. The van der Waals surface area contributed by atoms with Gasteiger partial charge in [0.1, 0.15) is 0 Å². The van der Waals surface area contributed by atoms with E-state index in [4.69, 9.17) is 0 Å². The van der Waals surface area contributed by atoms with E-state index in [9.17, 15) is 9.90 Å². The Morgan fingerprint density at radius 1 is 1.59 bits per heavy atom. The van der Waals surface area contributed by atoms with E-state index >= 15 is 0 Å². The molecule has 0 aliphatic carbocycles. The lowest BCUT2D eigenvalue weighted by atomic mass is 10.0. The highest BCUT2D eigenvalue weighted by atomic mass is 32.1. The number of rotatable bonds is 5. The van der Waals surface area contributed by atoms with Gasteiger partial charge in [0.15, 0.2) is 5.13 Å². The summed E-state index contributed by atoms with van der Waals surface area (Å²) in [4.78, 5) is 15.6. The van der Waals surface area contributed by atoms with E-state index in [0.29, 0.717) is 18.1 Å². The first-order valence-electron chi connectivity index (χ1n) is 5.64. The third-order valence-corrected chi connectivity index (χ3v) is 3.21. The van der Waals surface area contributed by atoms with Crippen molar-refractivity contribution in [2.75, 3.05) is 11.9 Å². The van der Waals surface area contributed by atoms with Crippen LogP contribution in [0.5, 0.6) is 0 Å². The molecule has 1 heterocycles. The summed E-state index contributed by atoms with van der Waals surface area (Å²) >= 11 is 1.39. The molecule has 1 unspecified atom stereocenters. The molecule has 0 saturated carbocycles. The lowest BCUT2D eigenvalue weighted by Crippen LogP contribution is -2.32. The topological polar surface area (TPSA) is 74.2 Å². The minimum absolute atomic E-state index is 0.210. The minimum atomic E-state index is -0.377. The van der Waals surface area contributed by atoms with Crippen LogP contribution in [0, 0.1) is 12.8 Å². The standard InChI is InChI=1S/C11H19N3O2S/c1-7(2)9(15)4-5-12-10(16)14-11-13-8(3)6-17-11/h6-7,9,15H,4-5H2,1-3H3,(H2,12,13,14,16). The number of aromatic nitrogens is 1. The predicted octanol–water partition coefficient (Wildman–Crippen LogP) is 1.98. The van der Waals surface area contributed by atoms with Crippen LogP contribution in [0.15, 0.2) is 5.38 Å². The second kappa shape index (κ2) is 6.56. The fourth-order valence-corrected chi connectivity index (χ4v) is 1.90. The predicted molar refractivity (Wildman–Crippen MR) is 69.3 cm³/mol. The Bertz CT molecular complexity index is 365. The van der Waals surface area contributed by atoms with Crippen LogP contribution in [-0.2, 0) is 0 Å². The number of thiazole rings is 1. The van der Waals surface area contributed by atoms with Gasteiger partial charge in [-0.2, -0.15) is 0 Å². The summed E-state index contributed by atoms with van der Waals surface area (Å²) < 4.78 is 0. The Morgan fingerprint density at radius 3 is 2.82 bits per heavy atom. The summed E-state index contributed by atoms with van der Waals surface area (Å²) in [5.74, 6) is 0.210. The number of aliphatic hydroxyl groups is 1. The van der Waals surface area contributed by atoms with Crippen LogP contribution >= 0.6 is 11.3 Å². The van der Waals surface area contributed by atoms with E-state index < -0.39 is 0 Å².